The largest absolute Gasteiger partial charge is 0.374 e. The van der Waals surface area contributed by atoms with Gasteiger partial charge in [-0.2, -0.15) is 0 Å². The molecule has 104 valence electrons. The first kappa shape index (κ1) is 14.8. The van der Waals surface area contributed by atoms with Gasteiger partial charge in [0, 0.05) is 9.26 Å². The molecule has 0 aromatic heterocycles. The number of rotatable bonds is 4. The number of halogens is 2. The molecule has 0 aliphatic rings. The predicted molar refractivity (Wildman–Crippen MR) is 87.3 cm³/mol. The number of amides is 1. The molecule has 1 atom stereocenters. The van der Waals surface area contributed by atoms with Gasteiger partial charge in [0.05, 0.1) is 5.69 Å². The zero-order valence-corrected chi connectivity index (χ0v) is 13.0. The van der Waals surface area contributed by atoms with Gasteiger partial charge in [0.1, 0.15) is 11.9 Å². The zero-order valence-electron chi connectivity index (χ0n) is 10.9. The Morgan fingerprint density at radius 2 is 1.80 bits per heavy atom. The first-order valence-electron chi connectivity index (χ1n) is 6.14. The topological polar surface area (TPSA) is 41.1 Å². The second kappa shape index (κ2) is 6.69. The summed E-state index contributed by atoms with van der Waals surface area (Å²) in [6.07, 6.45) is 0. The van der Waals surface area contributed by atoms with E-state index in [1.54, 1.807) is 19.1 Å². The van der Waals surface area contributed by atoms with Crippen molar-refractivity contribution in [2.75, 3.05) is 10.6 Å². The van der Waals surface area contributed by atoms with E-state index in [1.807, 2.05) is 24.3 Å². The van der Waals surface area contributed by atoms with Crippen molar-refractivity contribution < 1.29 is 9.18 Å². The number of hydrogen-bond donors (Lipinski definition) is 2. The number of nitrogens with one attached hydrogen (secondary N) is 2. The van der Waals surface area contributed by atoms with Gasteiger partial charge in [0.25, 0.3) is 0 Å². The van der Waals surface area contributed by atoms with E-state index in [0.717, 1.165) is 9.26 Å². The molecule has 2 N–H and O–H groups in total. The van der Waals surface area contributed by atoms with Crippen LogP contribution in [-0.4, -0.2) is 11.9 Å². The molecular weight excluding hydrogens is 370 g/mol. The average Bonchev–Trinajstić information content (AvgIpc) is 2.44. The molecule has 0 radical (unpaired) electrons. The summed E-state index contributed by atoms with van der Waals surface area (Å²) >= 11 is 2.21. The predicted octanol–water partition coefficient (Wildman–Crippen LogP) is 3.87. The van der Waals surface area contributed by atoms with E-state index >= 15 is 0 Å². The Morgan fingerprint density at radius 3 is 2.45 bits per heavy atom. The van der Waals surface area contributed by atoms with Crippen molar-refractivity contribution in [3.05, 3.63) is 57.9 Å². The van der Waals surface area contributed by atoms with Crippen molar-refractivity contribution >= 4 is 39.9 Å². The number of anilines is 2. The summed E-state index contributed by atoms with van der Waals surface area (Å²) in [5.74, 6) is -0.726. The smallest absolute Gasteiger partial charge is 0.246 e. The normalized spacial score (nSPS) is 11.8. The molecule has 0 bridgehead atoms. The van der Waals surface area contributed by atoms with Crippen molar-refractivity contribution in [2.45, 2.75) is 13.0 Å². The summed E-state index contributed by atoms with van der Waals surface area (Å²) in [4.78, 5) is 12.0. The lowest BCUT2D eigenvalue weighted by molar-refractivity contribution is -0.116. The highest BCUT2D eigenvalue weighted by molar-refractivity contribution is 14.1. The second-order valence-electron chi connectivity index (χ2n) is 4.34. The van der Waals surface area contributed by atoms with Gasteiger partial charge in [-0.15, -0.1) is 0 Å². The molecule has 2 aromatic rings. The SMILES string of the molecule is C[C@@H](Nc1ccc(I)cc1)C(=O)Nc1ccccc1F. The van der Waals surface area contributed by atoms with E-state index < -0.39 is 11.9 Å². The molecule has 0 spiro atoms. The number of benzene rings is 2. The zero-order chi connectivity index (χ0) is 14.5. The van der Waals surface area contributed by atoms with Crippen LogP contribution in [0, 0.1) is 9.39 Å². The highest BCUT2D eigenvalue weighted by atomic mass is 127. The van der Waals surface area contributed by atoms with Crippen LogP contribution in [0.2, 0.25) is 0 Å². The van der Waals surface area contributed by atoms with Crippen LogP contribution in [0.3, 0.4) is 0 Å². The van der Waals surface area contributed by atoms with Gasteiger partial charge >= 0.3 is 0 Å². The van der Waals surface area contributed by atoms with Gasteiger partial charge in [-0.25, -0.2) is 4.39 Å². The monoisotopic (exact) mass is 384 g/mol. The molecule has 0 heterocycles. The van der Waals surface area contributed by atoms with Gasteiger partial charge < -0.3 is 10.6 Å². The summed E-state index contributed by atoms with van der Waals surface area (Å²) in [7, 11) is 0. The van der Waals surface area contributed by atoms with Gasteiger partial charge in [0.15, 0.2) is 0 Å². The Labute approximate surface area is 130 Å². The summed E-state index contributed by atoms with van der Waals surface area (Å²) in [5.41, 5.74) is 1.04. The molecule has 20 heavy (non-hydrogen) atoms. The maximum absolute atomic E-state index is 13.4. The lowest BCUT2D eigenvalue weighted by Gasteiger charge is -2.15. The maximum atomic E-state index is 13.4. The number of para-hydroxylation sites is 1. The Hall–Kier alpha value is -1.63. The van der Waals surface area contributed by atoms with E-state index in [0.29, 0.717) is 0 Å². The number of carbonyl (C=O) groups is 1. The van der Waals surface area contributed by atoms with E-state index in [9.17, 15) is 9.18 Å². The van der Waals surface area contributed by atoms with Gasteiger partial charge in [0.2, 0.25) is 5.91 Å². The van der Waals surface area contributed by atoms with Crippen LogP contribution in [0.1, 0.15) is 6.92 Å². The van der Waals surface area contributed by atoms with Crippen molar-refractivity contribution in [1.29, 1.82) is 0 Å². The number of hydrogen-bond acceptors (Lipinski definition) is 2. The molecule has 0 aliphatic carbocycles. The molecule has 0 fully saturated rings. The lowest BCUT2D eigenvalue weighted by Crippen LogP contribution is -2.32. The molecule has 0 unspecified atom stereocenters. The van der Waals surface area contributed by atoms with Crippen molar-refractivity contribution in [3.8, 4) is 0 Å². The first-order chi connectivity index (χ1) is 9.56. The van der Waals surface area contributed by atoms with E-state index in [4.69, 9.17) is 0 Å². The third kappa shape index (κ3) is 3.93. The van der Waals surface area contributed by atoms with Gasteiger partial charge in [-0.05, 0) is 65.9 Å². The van der Waals surface area contributed by atoms with Crippen LogP contribution in [-0.2, 0) is 4.79 Å². The third-order valence-electron chi connectivity index (χ3n) is 2.75. The third-order valence-corrected chi connectivity index (χ3v) is 3.47. The molecule has 1 amide bonds. The molecule has 2 aromatic carbocycles. The van der Waals surface area contributed by atoms with Gasteiger partial charge in [-0.1, -0.05) is 12.1 Å². The maximum Gasteiger partial charge on any atom is 0.246 e. The van der Waals surface area contributed by atoms with Crippen molar-refractivity contribution in [3.63, 3.8) is 0 Å². The fourth-order valence-corrected chi connectivity index (χ4v) is 2.02. The standard InChI is InChI=1S/C15H14FIN2O/c1-10(18-12-8-6-11(17)7-9-12)15(20)19-14-5-3-2-4-13(14)16/h2-10,18H,1H3,(H,19,20)/t10-/m1/s1. The molecule has 0 saturated heterocycles. The fraction of sp³-hybridized carbons (Fsp3) is 0.133. The van der Waals surface area contributed by atoms with Crippen LogP contribution in [0.25, 0.3) is 0 Å². The van der Waals surface area contributed by atoms with E-state index in [2.05, 4.69) is 33.2 Å². The number of carbonyl (C=O) groups excluding carboxylic acids is 1. The quantitative estimate of drug-likeness (QED) is 0.786. The van der Waals surface area contributed by atoms with Crippen LogP contribution in [0.5, 0.6) is 0 Å². The molecule has 0 aliphatic heterocycles. The summed E-state index contributed by atoms with van der Waals surface area (Å²) < 4.78 is 14.6. The summed E-state index contributed by atoms with van der Waals surface area (Å²) in [5, 5.41) is 5.63. The minimum atomic E-state index is -0.463. The highest BCUT2D eigenvalue weighted by Gasteiger charge is 2.14. The molecule has 5 heteroatoms. The Bertz CT molecular complexity index is 601. The summed E-state index contributed by atoms with van der Waals surface area (Å²) in [6.45, 7) is 1.73. The fourth-order valence-electron chi connectivity index (χ4n) is 1.67. The summed E-state index contributed by atoms with van der Waals surface area (Å²) in [6, 6.07) is 13.3. The van der Waals surface area contributed by atoms with Crippen molar-refractivity contribution in [1.82, 2.24) is 0 Å². The Balaban J connectivity index is 1.99. The van der Waals surface area contributed by atoms with Crippen LogP contribution < -0.4 is 10.6 Å². The Kier molecular flexibility index (Phi) is 4.94. The second-order valence-corrected chi connectivity index (χ2v) is 5.59. The Morgan fingerprint density at radius 1 is 1.15 bits per heavy atom. The van der Waals surface area contributed by atoms with Crippen molar-refractivity contribution in [2.24, 2.45) is 0 Å². The minimum absolute atomic E-state index is 0.189. The van der Waals surface area contributed by atoms with E-state index in [1.165, 1.54) is 12.1 Å². The minimum Gasteiger partial charge on any atom is -0.374 e. The highest BCUT2D eigenvalue weighted by Crippen LogP contribution is 2.15. The first-order valence-corrected chi connectivity index (χ1v) is 7.21. The van der Waals surface area contributed by atoms with Gasteiger partial charge in [-0.3, -0.25) is 4.79 Å². The molecule has 3 nitrogen and oxygen atoms in total. The van der Waals surface area contributed by atoms with E-state index in [-0.39, 0.29) is 11.6 Å². The van der Waals surface area contributed by atoms with Crippen LogP contribution >= 0.6 is 22.6 Å². The molecule has 0 saturated carbocycles. The molecular formula is C15H14FIN2O. The van der Waals surface area contributed by atoms with Crippen LogP contribution in [0.4, 0.5) is 15.8 Å². The molecule has 2 rings (SSSR count). The lowest BCUT2D eigenvalue weighted by atomic mass is 10.2. The average molecular weight is 384 g/mol. The van der Waals surface area contributed by atoms with Crippen LogP contribution in [0.15, 0.2) is 48.5 Å².